The van der Waals surface area contributed by atoms with Gasteiger partial charge in [0, 0.05) is 12.8 Å². The molecular weight excluding hydrogens is 322 g/mol. The normalized spacial score (nSPS) is 22.4. The molecule has 0 radical (unpaired) electrons. The number of anilines is 1. The third-order valence-electron chi connectivity index (χ3n) is 4.37. The van der Waals surface area contributed by atoms with Crippen molar-refractivity contribution in [3.63, 3.8) is 0 Å². The Bertz CT molecular complexity index is 739. The fraction of sp³-hybridized carbons (Fsp3) is 0.444. The maximum atomic E-state index is 12.4. The second-order valence-corrected chi connectivity index (χ2v) is 6.29. The Balaban J connectivity index is 1.34. The molecule has 4 rings (SSSR count). The predicted octanol–water partition coefficient (Wildman–Crippen LogP) is 2.23. The number of carbonyl (C=O) groups excluding carboxylic acids is 1. The summed E-state index contributed by atoms with van der Waals surface area (Å²) in [4.78, 5) is 12.4. The van der Waals surface area contributed by atoms with Crippen LogP contribution < -0.4 is 14.8 Å². The highest BCUT2D eigenvalue weighted by molar-refractivity contribution is 5.94. The fourth-order valence-corrected chi connectivity index (χ4v) is 3.06. The van der Waals surface area contributed by atoms with E-state index >= 15 is 0 Å². The van der Waals surface area contributed by atoms with E-state index in [1.54, 1.807) is 16.9 Å². The van der Waals surface area contributed by atoms with Gasteiger partial charge in [0.1, 0.15) is 6.61 Å². The Kier molecular flexibility index (Phi) is 4.56. The minimum absolute atomic E-state index is 0.187. The topological polar surface area (TPSA) is 74.6 Å². The number of benzene rings is 1. The van der Waals surface area contributed by atoms with E-state index < -0.39 is 6.10 Å². The summed E-state index contributed by atoms with van der Waals surface area (Å²) in [6.07, 6.45) is 6.34. The lowest BCUT2D eigenvalue weighted by Gasteiger charge is -2.25. The van der Waals surface area contributed by atoms with Gasteiger partial charge < -0.3 is 19.5 Å². The van der Waals surface area contributed by atoms with Crippen molar-refractivity contribution in [2.45, 2.75) is 38.0 Å². The Hall–Kier alpha value is -2.54. The molecule has 0 unspecified atom stereocenters. The molecule has 0 aliphatic carbocycles. The monoisotopic (exact) mass is 343 g/mol. The first-order valence-electron chi connectivity index (χ1n) is 8.61. The largest absolute Gasteiger partial charge is 0.485 e. The highest BCUT2D eigenvalue weighted by Crippen LogP contribution is 2.31. The Morgan fingerprint density at radius 2 is 2.16 bits per heavy atom. The van der Waals surface area contributed by atoms with Crippen molar-refractivity contribution in [2.75, 3.05) is 18.5 Å². The van der Waals surface area contributed by atoms with E-state index in [1.807, 2.05) is 24.4 Å². The van der Waals surface area contributed by atoms with Crippen LogP contribution in [0.1, 0.15) is 19.3 Å². The molecule has 2 aliphatic heterocycles. The summed E-state index contributed by atoms with van der Waals surface area (Å²) in [5.41, 5.74) is 0.642. The summed E-state index contributed by atoms with van der Waals surface area (Å²) >= 11 is 0. The van der Waals surface area contributed by atoms with Gasteiger partial charge in [-0.25, -0.2) is 0 Å². The van der Waals surface area contributed by atoms with Crippen LogP contribution in [0.4, 0.5) is 5.69 Å². The first-order chi connectivity index (χ1) is 12.3. The van der Waals surface area contributed by atoms with Crippen LogP contribution in [-0.4, -0.2) is 41.1 Å². The number of carbonyl (C=O) groups is 1. The molecule has 1 fully saturated rings. The summed E-state index contributed by atoms with van der Waals surface area (Å²) in [6.45, 7) is 1.70. The van der Waals surface area contributed by atoms with Crippen LogP contribution in [0.2, 0.25) is 0 Å². The van der Waals surface area contributed by atoms with E-state index in [-0.39, 0.29) is 18.6 Å². The van der Waals surface area contributed by atoms with Gasteiger partial charge in [-0.2, -0.15) is 5.10 Å². The van der Waals surface area contributed by atoms with Crippen LogP contribution in [0.3, 0.4) is 0 Å². The van der Waals surface area contributed by atoms with Gasteiger partial charge in [-0.1, -0.05) is 12.1 Å². The number of fused-ring (bicyclic) bond motifs is 1. The Morgan fingerprint density at radius 3 is 3.00 bits per heavy atom. The van der Waals surface area contributed by atoms with Crippen molar-refractivity contribution in [1.82, 2.24) is 9.78 Å². The molecule has 0 spiro atoms. The predicted molar refractivity (Wildman–Crippen MR) is 90.8 cm³/mol. The lowest BCUT2D eigenvalue weighted by atomic mass is 10.1. The third-order valence-corrected chi connectivity index (χ3v) is 4.37. The number of hydrogen-bond donors (Lipinski definition) is 1. The van der Waals surface area contributed by atoms with Crippen molar-refractivity contribution in [2.24, 2.45) is 0 Å². The van der Waals surface area contributed by atoms with Gasteiger partial charge in [-0.05, 0) is 31.4 Å². The maximum Gasteiger partial charge on any atom is 0.269 e. The summed E-state index contributed by atoms with van der Waals surface area (Å²) in [7, 11) is 0. The van der Waals surface area contributed by atoms with Crippen LogP contribution in [0.25, 0.3) is 0 Å². The fourth-order valence-electron chi connectivity index (χ4n) is 3.06. The van der Waals surface area contributed by atoms with Crippen LogP contribution in [-0.2, 0) is 16.1 Å². The molecule has 3 heterocycles. The number of nitrogens with zero attached hydrogens (tertiary/aromatic N) is 2. The molecule has 1 saturated heterocycles. The van der Waals surface area contributed by atoms with Crippen molar-refractivity contribution in [3.05, 3.63) is 36.7 Å². The summed E-state index contributed by atoms with van der Waals surface area (Å²) in [5, 5.41) is 7.13. The highest BCUT2D eigenvalue weighted by atomic mass is 16.6. The molecule has 2 atom stereocenters. The SMILES string of the molecule is O=C(Nc1cnn(C[C@@H]2CCCCO2)c1)[C@@H]1COc2ccccc2O1. The molecule has 1 aromatic heterocycles. The van der Waals surface area contributed by atoms with Crippen LogP contribution in [0, 0.1) is 0 Å². The van der Waals surface area contributed by atoms with Crippen molar-refractivity contribution in [3.8, 4) is 11.5 Å². The van der Waals surface area contributed by atoms with E-state index in [2.05, 4.69) is 10.4 Å². The Morgan fingerprint density at radius 1 is 1.28 bits per heavy atom. The molecule has 0 bridgehead atoms. The van der Waals surface area contributed by atoms with Gasteiger partial charge in [-0.15, -0.1) is 0 Å². The van der Waals surface area contributed by atoms with E-state index in [1.165, 1.54) is 6.42 Å². The van der Waals surface area contributed by atoms with E-state index in [4.69, 9.17) is 14.2 Å². The zero-order chi connectivity index (χ0) is 17.1. The zero-order valence-corrected chi connectivity index (χ0v) is 13.9. The van der Waals surface area contributed by atoms with Gasteiger partial charge in [-0.3, -0.25) is 9.48 Å². The van der Waals surface area contributed by atoms with Crippen LogP contribution in [0.5, 0.6) is 11.5 Å². The summed E-state index contributed by atoms with van der Waals surface area (Å²) in [5.74, 6) is 0.994. The molecule has 0 saturated carbocycles. The molecule has 7 nitrogen and oxygen atoms in total. The first kappa shape index (κ1) is 16.0. The number of hydrogen-bond acceptors (Lipinski definition) is 5. The second kappa shape index (κ2) is 7.14. The van der Waals surface area contributed by atoms with Crippen molar-refractivity contribution < 1.29 is 19.0 Å². The van der Waals surface area contributed by atoms with E-state index in [0.717, 1.165) is 19.4 Å². The smallest absolute Gasteiger partial charge is 0.269 e. The molecule has 132 valence electrons. The van der Waals surface area contributed by atoms with Gasteiger partial charge >= 0.3 is 0 Å². The second-order valence-electron chi connectivity index (χ2n) is 6.29. The Labute approximate surface area is 145 Å². The number of aromatic nitrogens is 2. The van der Waals surface area contributed by atoms with Gasteiger partial charge in [0.15, 0.2) is 11.5 Å². The van der Waals surface area contributed by atoms with Gasteiger partial charge in [0.25, 0.3) is 5.91 Å². The number of nitrogens with one attached hydrogen (secondary N) is 1. The maximum absolute atomic E-state index is 12.4. The van der Waals surface area contributed by atoms with E-state index in [9.17, 15) is 4.79 Å². The molecule has 1 N–H and O–H groups in total. The van der Waals surface area contributed by atoms with Crippen molar-refractivity contribution >= 4 is 11.6 Å². The molecule has 2 aliphatic rings. The molecule has 25 heavy (non-hydrogen) atoms. The highest BCUT2D eigenvalue weighted by Gasteiger charge is 2.27. The molecule has 1 aromatic carbocycles. The number of amides is 1. The third kappa shape index (κ3) is 3.76. The van der Waals surface area contributed by atoms with Gasteiger partial charge in [0.2, 0.25) is 6.10 Å². The molecule has 7 heteroatoms. The number of rotatable bonds is 4. The average Bonchev–Trinajstić information content (AvgIpc) is 3.09. The lowest BCUT2D eigenvalue weighted by molar-refractivity contribution is -0.125. The van der Waals surface area contributed by atoms with Crippen LogP contribution >= 0.6 is 0 Å². The molecular formula is C18H21N3O4. The quantitative estimate of drug-likeness (QED) is 0.921. The average molecular weight is 343 g/mol. The van der Waals surface area contributed by atoms with E-state index in [0.29, 0.717) is 23.7 Å². The van der Waals surface area contributed by atoms with Crippen molar-refractivity contribution in [1.29, 1.82) is 0 Å². The molecule has 2 aromatic rings. The zero-order valence-electron chi connectivity index (χ0n) is 13.9. The minimum Gasteiger partial charge on any atom is -0.485 e. The van der Waals surface area contributed by atoms with Crippen LogP contribution in [0.15, 0.2) is 36.7 Å². The van der Waals surface area contributed by atoms with Gasteiger partial charge in [0.05, 0.1) is 24.5 Å². The molecule has 1 amide bonds. The summed E-state index contributed by atoms with van der Waals surface area (Å²) in [6, 6.07) is 7.32. The minimum atomic E-state index is -0.681. The summed E-state index contributed by atoms with van der Waals surface area (Å²) < 4.78 is 18.8. The first-order valence-corrected chi connectivity index (χ1v) is 8.61. The number of para-hydroxylation sites is 2. The standard InChI is InChI=1S/C18H21N3O4/c22-18(17-12-24-15-6-1-2-7-16(15)25-17)20-13-9-19-21(10-13)11-14-5-3-4-8-23-14/h1-2,6-7,9-10,14,17H,3-5,8,11-12H2,(H,20,22)/t14-,17-/m0/s1. The lowest BCUT2D eigenvalue weighted by Crippen LogP contribution is -2.40. The number of ether oxygens (including phenoxy) is 3.